The Balaban J connectivity index is 0.000000172. The van der Waals surface area contributed by atoms with Crippen LogP contribution in [0.25, 0.3) is 43.8 Å². The molecule has 0 saturated carbocycles. The van der Waals surface area contributed by atoms with Gasteiger partial charge in [0, 0.05) is 174 Å². The number of aromatic nitrogens is 4. The number of aryl methyl sites for hydroxylation is 2. The summed E-state index contributed by atoms with van der Waals surface area (Å²) < 4.78 is 50.3. The van der Waals surface area contributed by atoms with Crippen molar-refractivity contribution in [1.82, 2.24) is 49.8 Å². The van der Waals surface area contributed by atoms with Gasteiger partial charge in [-0.15, -0.1) is 0 Å². The zero-order chi connectivity index (χ0) is 76.7. The quantitative estimate of drug-likeness (QED) is 0.0498. The Bertz CT molecular complexity index is 4700. The van der Waals surface area contributed by atoms with Crippen molar-refractivity contribution >= 4 is 68.7 Å². The monoisotopic (exact) mass is 1490 g/mol. The van der Waals surface area contributed by atoms with Gasteiger partial charge < -0.3 is 62.4 Å². The molecule has 0 unspecified atom stereocenters. The van der Waals surface area contributed by atoms with Gasteiger partial charge >= 0.3 is 18.0 Å². The van der Waals surface area contributed by atoms with Crippen molar-refractivity contribution in [3.8, 4) is 56.8 Å². The van der Waals surface area contributed by atoms with Crippen molar-refractivity contribution < 1.29 is 71.8 Å². The van der Waals surface area contributed by atoms with E-state index in [-0.39, 0.29) is 60.5 Å². The van der Waals surface area contributed by atoms with Crippen molar-refractivity contribution in [2.75, 3.05) is 117 Å². The average Bonchev–Trinajstić information content (AvgIpc) is 0.768. The van der Waals surface area contributed by atoms with Crippen LogP contribution < -0.4 is 65.3 Å². The predicted octanol–water partition coefficient (Wildman–Crippen LogP) is 8.06. The van der Waals surface area contributed by atoms with Crippen molar-refractivity contribution in [2.45, 2.75) is 102 Å². The predicted molar refractivity (Wildman–Crippen MR) is 408 cm³/mol. The highest BCUT2D eigenvalue weighted by atomic mass is 16.5. The number of ether oxygens (including phenoxy) is 8. The molecule has 6 aliphatic rings. The van der Waals surface area contributed by atoms with E-state index in [2.05, 4.69) is 41.8 Å². The van der Waals surface area contributed by atoms with Crippen LogP contribution in [-0.4, -0.2) is 206 Å². The number of fused-ring (bicyclic) bond motifs is 2. The van der Waals surface area contributed by atoms with Gasteiger partial charge in [-0.2, -0.15) is 0 Å². The fourth-order valence-electron chi connectivity index (χ4n) is 14.7. The van der Waals surface area contributed by atoms with E-state index in [1.54, 1.807) is 125 Å². The number of benzene rings is 4. The summed E-state index contributed by atoms with van der Waals surface area (Å²) >= 11 is 0. The number of nitrogens with one attached hydrogen (secondary N) is 3. The summed E-state index contributed by atoms with van der Waals surface area (Å²) in [5.41, 5.74) is 6.72. The zero-order valence-corrected chi connectivity index (χ0v) is 62.3. The number of likely N-dealkylation sites (tertiary alicyclic amines) is 3. The smallest absolute Gasteiger partial charge is 0.341 e. The van der Waals surface area contributed by atoms with Crippen LogP contribution in [0.3, 0.4) is 0 Å². The van der Waals surface area contributed by atoms with Gasteiger partial charge in [-0.05, 0) is 160 Å². The first-order valence-corrected chi connectivity index (χ1v) is 36.9. The molecule has 7 amide bonds. The molecule has 109 heavy (non-hydrogen) atoms. The fourth-order valence-corrected chi connectivity index (χ4v) is 14.7. The number of pyridine rings is 4. The molecular weight excluding hydrogens is 1400 g/mol. The number of urea groups is 2. The molecule has 4 aromatic carbocycles. The number of imide groups is 2. The molecule has 0 atom stereocenters. The van der Waals surface area contributed by atoms with Crippen LogP contribution in [0.4, 0.5) is 21.0 Å². The lowest BCUT2D eigenvalue weighted by atomic mass is 9.98. The first-order valence-electron chi connectivity index (χ1n) is 36.9. The first kappa shape index (κ1) is 77.6. The van der Waals surface area contributed by atoms with E-state index in [9.17, 15) is 38.4 Å². The molecule has 0 spiro atoms. The molecule has 0 radical (unpaired) electrons. The van der Waals surface area contributed by atoms with Gasteiger partial charge in [-0.3, -0.25) is 64.2 Å². The summed E-state index contributed by atoms with van der Waals surface area (Å²) in [4.78, 5) is 113. The van der Waals surface area contributed by atoms with E-state index >= 15 is 0 Å². The van der Waals surface area contributed by atoms with Gasteiger partial charge in [0.25, 0.3) is 17.0 Å². The standard InChI is InChI=1S/C40H46N6O8.C28H36N4O4.C12H12N2O5/c1-43-24-34(31-8-14-41-22-33(31)39(43)49)32-21-35(51-2)26(20-36(32)52-3)23-44-15-9-29(10-16-44)54-30-11-17-45(18-12-30)38(48)25-53-28-6-4-27(5-7-28)46-19-13-37(47)42-40(46)50;1-31-18-25(22-6-11-30-16-24(22)28(31)33)23-15-26(34-2)19(14-27(23)35-3)17-32-12-7-21(8-13-32)36-20-4-9-29-10-5-20;15-10-5-6-14(12(18)13-10)8-1-3-9(4-2-8)19-7-11(16)17/h4-8,14,20-22,24,29-30H,9-13,15-19,23,25H2,1-3H3,(H,42,47,50);6,11,14-16,18,20-21,29H,4-5,7-10,12-13,17H2,1-3H3;1-4H,5-7H2,(H,16,17)(H,13,15,18). The summed E-state index contributed by atoms with van der Waals surface area (Å²) in [6.45, 7) is 8.79. The Kier molecular flexibility index (Phi) is 25.8. The van der Waals surface area contributed by atoms with Gasteiger partial charge in [0.05, 0.1) is 63.6 Å². The Morgan fingerprint density at radius 2 is 0.862 bits per heavy atom. The number of piperidine rings is 4. The average molecular weight is 1500 g/mol. The highest BCUT2D eigenvalue weighted by Crippen LogP contribution is 2.42. The number of aliphatic carboxylic acids is 1. The molecule has 6 fully saturated rings. The van der Waals surface area contributed by atoms with Crippen molar-refractivity contribution in [3.05, 3.63) is 154 Å². The van der Waals surface area contributed by atoms with Gasteiger partial charge in [-0.25, -0.2) is 14.4 Å². The van der Waals surface area contributed by atoms with Crippen LogP contribution >= 0.6 is 0 Å². The molecule has 4 N–H and O–H groups in total. The third-order valence-corrected chi connectivity index (χ3v) is 20.6. The molecule has 0 bridgehead atoms. The third kappa shape index (κ3) is 19.3. The number of hydrogen-bond donors (Lipinski definition) is 4. The van der Waals surface area contributed by atoms with E-state index in [0.29, 0.717) is 84.3 Å². The van der Waals surface area contributed by atoms with E-state index in [1.807, 2.05) is 47.6 Å². The summed E-state index contributed by atoms with van der Waals surface area (Å²) in [5, 5.41) is 19.2. The highest BCUT2D eigenvalue weighted by Gasteiger charge is 2.32. The normalized spacial score (nSPS) is 17.2. The van der Waals surface area contributed by atoms with Gasteiger partial charge in [-0.1, -0.05) is 0 Å². The van der Waals surface area contributed by atoms with Crippen LogP contribution in [0.2, 0.25) is 0 Å². The lowest BCUT2D eigenvalue weighted by Crippen LogP contribution is -2.49. The SMILES string of the molecule is COc1cc(-c2cn(C)c(=O)c3cnccc23)c(OC)cc1CN1CCC(OC2CCN(C(=O)COc3ccc(N4CCC(=O)NC4=O)cc3)CC2)CC1.COc1cc(-c2cn(C)c(=O)c3cnccc23)c(OC)cc1CN1CCC(OC2CCNCC2)CC1.O=C(O)COc1ccc(N2CCC(=O)NC2=O)cc1. The van der Waals surface area contributed by atoms with E-state index in [1.165, 1.54) is 9.80 Å². The third-order valence-electron chi connectivity index (χ3n) is 20.6. The minimum Gasteiger partial charge on any atom is -0.496 e. The number of rotatable bonds is 22. The largest absolute Gasteiger partial charge is 0.496 e. The molecule has 0 aliphatic carbocycles. The van der Waals surface area contributed by atoms with Crippen molar-refractivity contribution in [1.29, 1.82) is 0 Å². The molecule has 10 heterocycles. The summed E-state index contributed by atoms with van der Waals surface area (Å²) in [5.74, 6) is 2.28. The Morgan fingerprint density at radius 1 is 0.468 bits per heavy atom. The second kappa shape index (κ2) is 36.3. The van der Waals surface area contributed by atoms with E-state index in [0.717, 1.165) is 159 Å². The number of carboxylic acid groups (broad SMARTS) is 1. The van der Waals surface area contributed by atoms with E-state index < -0.39 is 24.6 Å². The lowest BCUT2D eigenvalue weighted by molar-refractivity contribution is -0.139. The number of nitrogens with zero attached hydrogens (tertiary/aromatic N) is 9. The fraction of sp³-hybridized carbons (Fsp3) is 0.425. The molecule has 14 rings (SSSR count). The number of carboxylic acids is 1. The summed E-state index contributed by atoms with van der Waals surface area (Å²) in [6, 6.07) is 24.3. The number of carbonyl (C=O) groups excluding carboxylic acids is 5. The molecular formula is C80H94N12O17. The topological polar surface area (TPSA) is 319 Å². The van der Waals surface area contributed by atoms with Crippen LogP contribution in [0, 0.1) is 0 Å². The second-order valence-corrected chi connectivity index (χ2v) is 27.7. The Labute approximate surface area is 630 Å². The van der Waals surface area contributed by atoms with Crippen LogP contribution in [0.15, 0.2) is 132 Å². The van der Waals surface area contributed by atoms with Crippen molar-refractivity contribution in [3.63, 3.8) is 0 Å². The first-order chi connectivity index (χ1) is 52.8. The number of anilines is 2. The molecule has 6 saturated heterocycles. The van der Waals surface area contributed by atoms with Crippen LogP contribution in [0.1, 0.15) is 75.3 Å². The zero-order valence-electron chi connectivity index (χ0n) is 62.3. The highest BCUT2D eigenvalue weighted by molar-refractivity contribution is 6.06. The van der Waals surface area contributed by atoms with Crippen molar-refractivity contribution in [2.24, 2.45) is 14.1 Å². The number of amides is 7. The van der Waals surface area contributed by atoms with E-state index in [4.69, 9.17) is 43.0 Å². The minimum atomic E-state index is -1.06. The molecule has 576 valence electrons. The van der Waals surface area contributed by atoms with Crippen LogP contribution in [0.5, 0.6) is 34.5 Å². The van der Waals surface area contributed by atoms with Gasteiger partial charge in [0.15, 0.2) is 13.2 Å². The maximum absolute atomic E-state index is 12.9. The van der Waals surface area contributed by atoms with Gasteiger partial charge in [0.1, 0.15) is 34.5 Å². The maximum Gasteiger partial charge on any atom is 0.341 e. The van der Waals surface area contributed by atoms with Gasteiger partial charge in [0.2, 0.25) is 11.8 Å². The Morgan fingerprint density at radius 3 is 1.26 bits per heavy atom. The molecule has 8 aromatic rings. The summed E-state index contributed by atoms with van der Waals surface area (Å²) in [6.07, 6.45) is 19.6. The summed E-state index contributed by atoms with van der Waals surface area (Å²) in [7, 11) is 10.2. The molecule has 29 nitrogen and oxygen atoms in total. The minimum absolute atomic E-state index is 0.0662. The number of carbonyl (C=O) groups is 6. The number of hydrogen-bond acceptors (Lipinski definition) is 21. The number of methoxy groups -OCH3 is 4. The molecule has 4 aromatic heterocycles. The molecule has 29 heteroatoms. The lowest BCUT2D eigenvalue weighted by Gasteiger charge is -2.37. The maximum atomic E-state index is 12.9. The second-order valence-electron chi connectivity index (χ2n) is 27.7. The van der Waals surface area contributed by atoms with Crippen LogP contribution in [-0.2, 0) is 55.8 Å². The molecule has 6 aliphatic heterocycles. The Hall–Kier alpha value is -11.0.